The van der Waals surface area contributed by atoms with E-state index in [-0.39, 0.29) is 46.9 Å². The molecule has 5 nitrogen and oxygen atoms in total. The lowest BCUT2D eigenvalue weighted by Gasteiger charge is -2.08. The summed E-state index contributed by atoms with van der Waals surface area (Å²) < 4.78 is 0. The van der Waals surface area contributed by atoms with Crippen molar-refractivity contribution in [3.8, 4) is 0 Å². The minimum absolute atomic E-state index is 0. The maximum atomic E-state index is 11.2. The average molecular weight is 317 g/mol. The van der Waals surface area contributed by atoms with E-state index in [4.69, 9.17) is 10.2 Å². The Hall–Kier alpha value is -2.11. The van der Waals surface area contributed by atoms with E-state index in [2.05, 4.69) is 0 Å². The number of fused-ring (bicyclic) bond motifs is 1. The Kier molecular flexibility index (Phi) is 6.16. The van der Waals surface area contributed by atoms with Crippen LogP contribution in [-0.4, -0.2) is 28.4 Å². The number of halogens is 2. The summed E-state index contributed by atoms with van der Waals surface area (Å²) in [6, 6.07) is 7.29. The summed E-state index contributed by atoms with van der Waals surface area (Å²) in [4.78, 5) is 33.2. The summed E-state index contributed by atoms with van der Waals surface area (Å²) in [6.07, 6.45) is 0.350. The smallest absolute Gasteiger partial charge is 0.337 e. The SMILES string of the molecule is Cl.Cl.O=Cc1cc(C(=O)O)c2ccccc2c1C(=O)O. The van der Waals surface area contributed by atoms with Crippen molar-refractivity contribution >= 4 is 53.8 Å². The number of carboxylic acids is 2. The van der Waals surface area contributed by atoms with Gasteiger partial charge in [-0.3, -0.25) is 4.79 Å². The second-order valence-corrected chi connectivity index (χ2v) is 3.66. The largest absolute Gasteiger partial charge is 0.478 e. The minimum Gasteiger partial charge on any atom is -0.478 e. The monoisotopic (exact) mass is 316 g/mol. The van der Waals surface area contributed by atoms with Crippen molar-refractivity contribution in [1.29, 1.82) is 0 Å². The van der Waals surface area contributed by atoms with Crippen LogP contribution in [0.3, 0.4) is 0 Å². The summed E-state index contributed by atoms with van der Waals surface area (Å²) in [5, 5.41) is 18.7. The van der Waals surface area contributed by atoms with E-state index in [0.29, 0.717) is 11.7 Å². The minimum atomic E-state index is -1.26. The van der Waals surface area contributed by atoms with Gasteiger partial charge in [-0.05, 0) is 16.8 Å². The highest BCUT2D eigenvalue weighted by molar-refractivity contribution is 6.15. The van der Waals surface area contributed by atoms with E-state index in [1.807, 2.05) is 0 Å². The van der Waals surface area contributed by atoms with Crippen LogP contribution in [-0.2, 0) is 0 Å². The fourth-order valence-corrected chi connectivity index (χ4v) is 1.91. The zero-order chi connectivity index (χ0) is 13.3. The molecule has 2 N–H and O–H groups in total. The molecule has 0 radical (unpaired) electrons. The first-order chi connectivity index (χ1) is 8.56. The van der Waals surface area contributed by atoms with Crippen LogP contribution in [0.25, 0.3) is 10.8 Å². The Bertz CT molecular complexity index is 682. The molecule has 2 aromatic carbocycles. The number of rotatable bonds is 3. The Balaban J connectivity index is 0.00000180. The molecule has 0 aliphatic rings. The van der Waals surface area contributed by atoms with Crippen LogP contribution in [0, 0.1) is 0 Å². The van der Waals surface area contributed by atoms with Crippen molar-refractivity contribution in [3.63, 3.8) is 0 Å². The summed E-state index contributed by atoms with van der Waals surface area (Å²) in [7, 11) is 0. The molecule has 0 atom stereocenters. The van der Waals surface area contributed by atoms with Crippen molar-refractivity contribution < 1.29 is 24.6 Å². The van der Waals surface area contributed by atoms with E-state index < -0.39 is 11.9 Å². The van der Waals surface area contributed by atoms with Crippen molar-refractivity contribution in [2.24, 2.45) is 0 Å². The quantitative estimate of drug-likeness (QED) is 0.849. The van der Waals surface area contributed by atoms with Crippen LogP contribution in [0.5, 0.6) is 0 Å². The maximum absolute atomic E-state index is 11.2. The lowest BCUT2D eigenvalue weighted by molar-refractivity contribution is 0.0683. The summed E-state index contributed by atoms with van der Waals surface area (Å²) in [5.74, 6) is -2.46. The van der Waals surface area contributed by atoms with Gasteiger partial charge in [-0.1, -0.05) is 24.3 Å². The molecule has 0 heterocycles. The molecule has 2 aromatic rings. The van der Waals surface area contributed by atoms with Crippen LogP contribution < -0.4 is 0 Å². The molecule has 0 aromatic heterocycles. The van der Waals surface area contributed by atoms with Gasteiger partial charge in [0.05, 0.1) is 11.1 Å². The van der Waals surface area contributed by atoms with Gasteiger partial charge in [0.25, 0.3) is 0 Å². The third kappa shape index (κ3) is 2.89. The molecule has 0 spiro atoms. The van der Waals surface area contributed by atoms with E-state index in [1.165, 1.54) is 12.1 Å². The van der Waals surface area contributed by atoms with Crippen molar-refractivity contribution in [3.05, 3.63) is 47.0 Å². The number of benzene rings is 2. The number of hydrogen-bond acceptors (Lipinski definition) is 3. The number of aromatic carboxylic acids is 2. The first-order valence-corrected chi connectivity index (χ1v) is 5.03. The second kappa shape index (κ2) is 6.88. The number of hydrogen-bond donors (Lipinski definition) is 2. The molecule has 0 fully saturated rings. The third-order valence-corrected chi connectivity index (χ3v) is 2.65. The van der Waals surface area contributed by atoms with E-state index in [0.717, 1.165) is 6.07 Å². The lowest BCUT2D eigenvalue weighted by Crippen LogP contribution is -2.07. The normalized spacial score (nSPS) is 9.20. The molecule has 106 valence electrons. The van der Waals surface area contributed by atoms with E-state index >= 15 is 0 Å². The van der Waals surface area contributed by atoms with Crippen LogP contribution in [0.1, 0.15) is 31.1 Å². The zero-order valence-electron chi connectivity index (χ0n) is 9.90. The Labute approximate surface area is 126 Å². The molecular weight excluding hydrogens is 307 g/mol. The highest BCUT2D eigenvalue weighted by Gasteiger charge is 2.19. The number of carbonyl (C=O) groups excluding carboxylic acids is 1. The van der Waals surface area contributed by atoms with Crippen molar-refractivity contribution in [2.75, 3.05) is 0 Å². The van der Waals surface area contributed by atoms with Gasteiger partial charge in [-0.2, -0.15) is 0 Å². The second-order valence-electron chi connectivity index (χ2n) is 3.66. The topological polar surface area (TPSA) is 91.7 Å². The zero-order valence-corrected chi connectivity index (χ0v) is 11.5. The highest BCUT2D eigenvalue weighted by atomic mass is 35.5. The van der Waals surface area contributed by atoms with E-state index in [9.17, 15) is 14.4 Å². The van der Waals surface area contributed by atoms with Gasteiger partial charge in [0.2, 0.25) is 0 Å². The lowest BCUT2D eigenvalue weighted by atomic mass is 9.95. The average Bonchev–Trinajstić information content (AvgIpc) is 2.35. The molecule has 0 saturated carbocycles. The summed E-state index contributed by atoms with van der Waals surface area (Å²) in [5.41, 5.74) is -0.401. The fourth-order valence-electron chi connectivity index (χ4n) is 1.91. The molecular formula is C13H10Cl2O5. The van der Waals surface area contributed by atoms with Crippen LogP contribution in [0.2, 0.25) is 0 Å². The Morgan fingerprint density at radius 1 is 0.950 bits per heavy atom. The van der Waals surface area contributed by atoms with Gasteiger partial charge in [0, 0.05) is 5.56 Å². The van der Waals surface area contributed by atoms with Crippen LogP contribution >= 0.6 is 24.8 Å². The molecule has 0 bridgehead atoms. The molecule has 0 aliphatic carbocycles. The first-order valence-electron chi connectivity index (χ1n) is 5.03. The van der Waals surface area contributed by atoms with Gasteiger partial charge in [0.15, 0.2) is 6.29 Å². The fraction of sp³-hybridized carbons (Fsp3) is 0. The third-order valence-electron chi connectivity index (χ3n) is 2.65. The molecule has 0 amide bonds. The first kappa shape index (κ1) is 17.9. The van der Waals surface area contributed by atoms with Gasteiger partial charge in [0.1, 0.15) is 0 Å². The van der Waals surface area contributed by atoms with Gasteiger partial charge in [-0.25, -0.2) is 9.59 Å². The highest BCUT2D eigenvalue weighted by Crippen LogP contribution is 2.26. The van der Waals surface area contributed by atoms with Gasteiger partial charge < -0.3 is 10.2 Å². The summed E-state index contributed by atoms with van der Waals surface area (Å²) in [6.45, 7) is 0. The molecule has 0 unspecified atom stereocenters. The Morgan fingerprint density at radius 3 is 1.95 bits per heavy atom. The predicted octanol–water partition coefficient (Wildman–Crippen LogP) is 2.89. The number of aldehydes is 1. The molecule has 2 rings (SSSR count). The van der Waals surface area contributed by atoms with Gasteiger partial charge in [-0.15, -0.1) is 24.8 Å². The van der Waals surface area contributed by atoms with Crippen LogP contribution in [0.15, 0.2) is 30.3 Å². The van der Waals surface area contributed by atoms with E-state index in [1.54, 1.807) is 12.1 Å². The number of carboxylic acid groups (broad SMARTS) is 2. The Morgan fingerprint density at radius 2 is 1.50 bits per heavy atom. The van der Waals surface area contributed by atoms with Gasteiger partial charge >= 0.3 is 11.9 Å². The van der Waals surface area contributed by atoms with Crippen molar-refractivity contribution in [2.45, 2.75) is 0 Å². The number of carbonyl (C=O) groups is 3. The van der Waals surface area contributed by atoms with Crippen LogP contribution in [0.4, 0.5) is 0 Å². The molecule has 7 heteroatoms. The molecule has 20 heavy (non-hydrogen) atoms. The predicted molar refractivity (Wildman–Crippen MR) is 77.8 cm³/mol. The molecule has 0 saturated heterocycles. The molecule has 0 aliphatic heterocycles. The standard InChI is InChI=1S/C13H8O5.2ClH/c14-6-7-5-10(12(15)16)8-3-1-2-4-9(8)11(7)13(17)18;;/h1-6H,(H,15,16)(H,17,18);2*1H. The maximum Gasteiger partial charge on any atom is 0.337 e. The summed E-state index contributed by atoms with van der Waals surface area (Å²) >= 11 is 0. The van der Waals surface area contributed by atoms with Crippen molar-refractivity contribution in [1.82, 2.24) is 0 Å².